The topological polar surface area (TPSA) is 55.0 Å². The van der Waals surface area contributed by atoms with Crippen molar-refractivity contribution in [2.75, 3.05) is 7.11 Å². The van der Waals surface area contributed by atoms with Crippen LogP contribution in [-0.4, -0.2) is 11.7 Å². The van der Waals surface area contributed by atoms with Gasteiger partial charge in [0.05, 0.1) is 13.2 Å². The molecule has 0 N–H and O–H groups in total. The normalized spacial score (nSPS) is 10.5. The van der Waals surface area contributed by atoms with E-state index in [-0.39, 0.29) is 5.56 Å². The molecule has 0 saturated carbocycles. The van der Waals surface area contributed by atoms with E-state index in [2.05, 4.69) is 6.07 Å². The quantitative estimate of drug-likeness (QED) is 0.768. The number of benzene rings is 1. The number of hydrogen-bond acceptors (Lipinski definition) is 3. The fourth-order valence-electron chi connectivity index (χ4n) is 2.05. The molecule has 0 aliphatic heterocycles. The summed E-state index contributed by atoms with van der Waals surface area (Å²) in [6.45, 7) is 0.578. The number of ether oxygens (including phenoxy) is 1. The van der Waals surface area contributed by atoms with Crippen LogP contribution in [0.3, 0.4) is 0 Å². The molecule has 0 bridgehead atoms. The van der Waals surface area contributed by atoms with Gasteiger partial charge in [-0.1, -0.05) is 24.3 Å². The van der Waals surface area contributed by atoms with Gasteiger partial charge in [0.2, 0.25) is 0 Å². The third kappa shape index (κ3) is 4.35. The zero-order chi connectivity index (χ0) is 15.8. The molecule has 0 unspecified atom stereocenters. The second kappa shape index (κ2) is 7.84. The number of methoxy groups -OCH3 is 1. The molecule has 4 nitrogen and oxygen atoms in total. The van der Waals surface area contributed by atoms with Gasteiger partial charge in [0, 0.05) is 25.2 Å². The zero-order valence-electron chi connectivity index (χ0n) is 12.5. The monoisotopic (exact) mass is 294 g/mol. The van der Waals surface area contributed by atoms with Crippen LogP contribution in [0, 0.1) is 11.3 Å². The van der Waals surface area contributed by atoms with Crippen molar-refractivity contribution in [1.82, 2.24) is 4.57 Å². The lowest BCUT2D eigenvalue weighted by Crippen LogP contribution is -2.18. The van der Waals surface area contributed by atoms with Crippen LogP contribution < -0.4 is 10.3 Å². The van der Waals surface area contributed by atoms with Crippen LogP contribution in [0.2, 0.25) is 0 Å². The van der Waals surface area contributed by atoms with Gasteiger partial charge in [-0.3, -0.25) is 4.79 Å². The van der Waals surface area contributed by atoms with Crippen molar-refractivity contribution in [2.45, 2.75) is 19.4 Å². The van der Waals surface area contributed by atoms with Crippen LogP contribution in [-0.2, 0) is 6.54 Å². The van der Waals surface area contributed by atoms with Crippen LogP contribution in [0.1, 0.15) is 24.0 Å². The number of pyridine rings is 1. The van der Waals surface area contributed by atoms with Crippen molar-refractivity contribution in [3.05, 3.63) is 64.1 Å². The molecule has 0 amide bonds. The molecule has 22 heavy (non-hydrogen) atoms. The molecule has 0 aliphatic carbocycles. The van der Waals surface area contributed by atoms with Gasteiger partial charge in [-0.15, -0.1) is 0 Å². The van der Waals surface area contributed by atoms with Crippen molar-refractivity contribution in [3.63, 3.8) is 0 Å². The van der Waals surface area contributed by atoms with E-state index >= 15 is 0 Å². The summed E-state index contributed by atoms with van der Waals surface area (Å²) in [5.74, 6) is 0.817. The van der Waals surface area contributed by atoms with E-state index in [0.29, 0.717) is 19.4 Å². The van der Waals surface area contributed by atoms with Crippen LogP contribution >= 0.6 is 0 Å². The van der Waals surface area contributed by atoms with Gasteiger partial charge in [0.25, 0.3) is 5.56 Å². The molecular weight excluding hydrogens is 276 g/mol. The van der Waals surface area contributed by atoms with Crippen LogP contribution in [0.25, 0.3) is 12.2 Å². The maximum atomic E-state index is 12.0. The number of nitrogens with zero attached hydrogens (tertiary/aromatic N) is 2. The minimum Gasteiger partial charge on any atom is -0.497 e. The Morgan fingerprint density at radius 1 is 1.18 bits per heavy atom. The summed E-state index contributed by atoms with van der Waals surface area (Å²) in [6, 6.07) is 13.3. The molecule has 0 atom stereocenters. The largest absolute Gasteiger partial charge is 0.497 e. The first-order valence-electron chi connectivity index (χ1n) is 7.12. The minimum absolute atomic E-state index is 0.0465. The number of aryl methyl sites for hydroxylation is 1. The highest BCUT2D eigenvalue weighted by atomic mass is 16.5. The lowest BCUT2D eigenvalue weighted by atomic mass is 10.1. The number of hydrogen-bond donors (Lipinski definition) is 0. The van der Waals surface area contributed by atoms with Crippen molar-refractivity contribution in [2.24, 2.45) is 0 Å². The molecule has 1 heterocycles. The fraction of sp³-hybridized carbons (Fsp3) is 0.222. The van der Waals surface area contributed by atoms with E-state index in [9.17, 15) is 4.79 Å². The highest BCUT2D eigenvalue weighted by Crippen LogP contribution is 2.13. The highest BCUT2D eigenvalue weighted by Gasteiger charge is 1.97. The molecule has 4 heteroatoms. The van der Waals surface area contributed by atoms with Gasteiger partial charge < -0.3 is 9.30 Å². The summed E-state index contributed by atoms with van der Waals surface area (Å²) < 4.78 is 6.74. The summed E-state index contributed by atoms with van der Waals surface area (Å²) in [7, 11) is 1.64. The van der Waals surface area contributed by atoms with Gasteiger partial charge in [-0.25, -0.2) is 0 Å². The first-order chi connectivity index (χ1) is 10.7. The van der Waals surface area contributed by atoms with Gasteiger partial charge in [0.15, 0.2) is 0 Å². The van der Waals surface area contributed by atoms with Crippen molar-refractivity contribution in [3.8, 4) is 11.8 Å². The van der Waals surface area contributed by atoms with E-state index in [0.717, 1.165) is 16.9 Å². The van der Waals surface area contributed by atoms with Crippen LogP contribution in [0.4, 0.5) is 0 Å². The molecule has 2 rings (SSSR count). The van der Waals surface area contributed by atoms with Crippen molar-refractivity contribution in [1.29, 1.82) is 5.26 Å². The van der Waals surface area contributed by atoms with E-state index < -0.39 is 0 Å². The zero-order valence-corrected chi connectivity index (χ0v) is 12.5. The molecule has 1 aromatic heterocycles. The summed E-state index contributed by atoms with van der Waals surface area (Å²) in [5.41, 5.74) is 1.85. The molecule has 0 saturated heterocycles. The van der Waals surface area contributed by atoms with Gasteiger partial charge >= 0.3 is 0 Å². The van der Waals surface area contributed by atoms with E-state index in [4.69, 9.17) is 10.00 Å². The third-order valence-corrected chi connectivity index (χ3v) is 3.29. The molecular formula is C18H18N2O2. The fourth-order valence-corrected chi connectivity index (χ4v) is 2.05. The van der Waals surface area contributed by atoms with E-state index in [1.165, 1.54) is 0 Å². The standard InChI is InChI=1S/C18H18N2O2/c1-22-17-8-6-15(7-9-17)4-5-16-10-13-20(18(21)14-16)12-3-2-11-19/h4-10,13-14H,2-3,12H2,1H3/b5-4+. The Morgan fingerprint density at radius 2 is 1.91 bits per heavy atom. The number of rotatable bonds is 6. The second-order valence-corrected chi connectivity index (χ2v) is 4.86. The Balaban J connectivity index is 2.06. The number of nitriles is 1. The lowest BCUT2D eigenvalue weighted by molar-refractivity contribution is 0.415. The Hall–Kier alpha value is -2.80. The van der Waals surface area contributed by atoms with Crippen LogP contribution in [0.5, 0.6) is 5.75 Å². The summed E-state index contributed by atoms with van der Waals surface area (Å²) >= 11 is 0. The molecule has 2 aromatic rings. The Labute approximate surface area is 129 Å². The first kappa shape index (κ1) is 15.6. The third-order valence-electron chi connectivity index (χ3n) is 3.29. The molecule has 0 fully saturated rings. The SMILES string of the molecule is COc1ccc(/C=C/c2ccn(CCCC#N)c(=O)c2)cc1. The van der Waals surface area contributed by atoms with E-state index in [1.54, 1.807) is 23.9 Å². The maximum Gasteiger partial charge on any atom is 0.251 e. The van der Waals surface area contributed by atoms with Crippen LogP contribution in [0.15, 0.2) is 47.4 Å². The average Bonchev–Trinajstić information content (AvgIpc) is 2.55. The Morgan fingerprint density at radius 3 is 2.55 bits per heavy atom. The van der Waals surface area contributed by atoms with Gasteiger partial charge in [-0.2, -0.15) is 5.26 Å². The highest BCUT2D eigenvalue weighted by molar-refractivity contribution is 5.69. The lowest BCUT2D eigenvalue weighted by Gasteiger charge is -2.04. The van der Waals surface area contributed by atoms with Gasteiger partial charge in [-0.05, 0) is 35.7 Å². The first-order valence-corrected chi connectivity index (χ1v) is 7.12. The predicted octanol–water partition coefficient (Wildman–Crippen LogP) is 3.33. The smallest absolute Gasteiger partial charge is 0.251 e. The summed E-state index contributed by atoms with van der Waals surface area (Å²) in [5, 5.41) is 8.51. The Bertz CT molecular complexity index is 737. The second-order valence-electron chi connectivity index (χ2n) is 4.86. The molecule has 1 aromatic carbocycles. The molecule has 112 valence electrons. The predicted molar refractivity (Wildman–Crippen MR) is 87.5 cm³/mol. The average molecular weight is 294 g/mol. The number of unbranched alkanes of at least 4 members (excludes halogenated alkanes) is 1. The molecule has 0 spiro atoms. The summed E-state index contributed by atoms with van der Waals surface area (Å²) in [4.78, 5) is 12.0. The summed E-state index contributed by atoms with van der Waals surface area (Å²) in [6.07, 6.45) is 6.79. The Kier molecular flexibility index (Phi) is 5.56. The minimum atomic E-state index is -0.0465. The molecule has 0 radical (unpaired) electrons. The van der Waals surface area contributed by atoms with Crippen molar-refractivity contribution >= 4 is 12.2 Å². The van der Waals surface area contributed by atoms with Gasteiger partial charge in [0.1, 0.15) is 5.75 Å². The number of aromatic nitrogens is 1. The molecule has 0 aliphatic rings. The van der Waals surface area contributed by atoms with Crippen molar-refractivity contribution < 1.29 is 4.74 Å². The van der Waals surface area contributed by atoms with E-state index in [1.807, 2.05) is 42.5 Å². The maximum absolute atomic E-state index is 12.0.